The molecule has 0 aliphatic rings. The van der Waals surface area contributed by atoms with Crippen LogP contribution in [0.4, 0.5) is 0 Å². The van der Waals surface area contributed by atoms with Crippen LogP contribution in [0, 0.1) is 0 Å². The molecule has 0 bridgehead atoms. The summed E-state index contributed by atoms with van der Waals surface area (Å²) in [4.78, 5) is 0. The molecular formula is C16H28O. The first-order chi connectivity index (χ1) is 8.31. The maximum absolute atomic E-state index is 9.44. The molecule has 0 amide bonds. The molecule has 0 saturated heterocycles. The van der Waals surface area contributed by atoms with E-state index in [1.54, 1.807) is 0 Å². The van der Waals surface area contributed by atoms with E-state index in [2.05, 4.69) is 32.1 Å². The SMILES string of the molecule is CCC/C=C(O)/C=C/CCCC=CCCCC. The van der Waals surface area contributed by atoms with Crippen molar-refractivity contribution in [3.05, 3.63) is 36.1 Å². The Morgan fingerprint density at radius 3 is 2.12 bits per heavy atom. The molecule has 0 spiro atoms. The fourth-order valence-electron chi connectivity index (χ4n) is 1.48. The third-order valence-electron chi connectivity index (χ3n) is 2.56. The summed E-state index contributed by atoms with van der Waals surface area (Å²) in [5.74, 6) is 0.408. The molecular weight excluding hydrogens is 208 g/mol. The Morgan fingerprint density at radius 1 is 0.824 bits per heavy atom. The highest BCUT2D eigenvalue weighted by molar-refractivity contribution is 5.09. The predicted octanol–water partition coefficient (Wildman–Crippen LogP) is 5.70. The van der Waals surface area contributed by atoms with E-state index in [4.69, 9.17) is 0 Å². The molecule has 0 fully saturated rings. The van der Waals surface area contributed by atoms with E-state index in [1.165, 1.54) is 25.7 Å². The molecule has 0 saturated carbocycles. The van der Waals surface area contributed by atoms with Crippen molar-refractivity contribution >= 4 is 0 Å². The summed E-state index contributed by atoms with van der Waals surface area (Å²) in [6.07, 6.45) is 19.5. The van der Waals surface area contributed by atoms with Crippen LogP contribution in [-0.4, -0.2) is 5.11 Å². The van der Waals surface area contributed by atoms with Crippen molar-refractivity contribution in [3.8, 4) is 0 Å². The number of hydrogen-bond donors (Lipinski definition) is 1. The molecule has 0 aromatic carbocycles. The maximum atomic E-state index is 9.44. The van der Waals surface area contributed by atoms with Crippen LogP contribution in [0.15, 0.2) is 36.1 Å². The maximum Gasteiger partial charge on any atom is 0.111 e. The van der Waals surface area contributed by atoms with Gasteiger partial charge in [0.05, 0.1) is 0 Å². The largest absolute Gasteiger partial charge is 0.508 e. The molecule has 0 aliphatic carbocycles. The Kier molecular flexibility index (Phi) is 12.3. The average Bonchev–Trinajstić information content (AvgIpc) is 2.34. The van der Waals surface area contributed by atoms with Crippen LogP contribution in [0.1, 0.15) is 65.2 Å². The number of allylic oxidation sites excluding steroid dienone is 5. The van der Waals surface area contributed by atoms with Crippen LogP contribution in [0.25, 0.3) is 0 Å². The van der Waals surface area contributed by atoms with Crippen LogP contribution in [0.2, 0.25) is 0 Å². The third kappa shape index (κ3) is 13.0. The van der Waals surface area contributed by atoms with E-state index in [0.717, 1.165) is 25.7 Å². The highest BCUT2D eigenvalue weighted by Gasteiger charge is 1.85. The average molecular weight is 236 g/mol. The smallest absolute Gasteiger partial charge is 0.111 e. The van der Waals surface area contributed by atoms with E-state index in [-0.39, 0.29) is 0 Å². The van der Waals surface area contributed by atoms with Gasteiger partial charge in [0.1, 0.15) is 5.76 Å². The summed E-state index contributed by atoms with van der Waals surface area (Å²) in [5, 5.41) is 9.44. The summed E-state index contributed by atoms with van der Waals surface area (Å²) < 4.78 is 0. The lowest BCUT2D eigenvalue weighted by atomic mass is 10.2. The minimum absolute atomic E-state index is 0.408. The Morgan fingerprint density at radius 2 is 1.47 bits per heavy atom. The zero-order valence-corrected chi connectivity index (χ0v) is 11.5. The van der Waals surface area contributed by atoms with Gasteiger partial charge in [-0.2, -0.15) is 0 Å². The number of unbranched alkanes of at least 4 members (excludes halogenated alkanes) is 5. The lowest BCUT2D eigenvalue weighted by molar-refractivity contribution is 0.429. The highest BCUT2D eigenvalue weighted by Crippen LogP contribution is 2.03. The highest BCUT2D eigenvalue weighted by atomic mass is 16.3. The molecule has 0 rings (SSSR count). The molecule has 1 nitrogen and oxygen atoms in total. The summed E-state index contributed by atoms with van der Waals surface area (Å²) in [5.41, 5.74) is 0. The van der Waals surface area contributed by atoms with Crippen molar-refractivity contribution in [1.29, 1.82) is 0 Å². The van der Waals surface area contributed by atoms with Gasteiger partial charge in [-0.3, -0.25) is 0 Å². The first kappa shape index (κ1) is 16.0. The number of aliphatic hydroxyl groups is 1. The van der Waals surface area contributed by atoms with Crippen LogP contribution in [0.3, 0.4) is 0 Å². The fourth-order valence-corrected chi connectivity index (χ4v) is 1.48. The third-order valence-corrected chi connectivity index (χ3v) is 2.56. The van der Waals surface area contributed by atoms with Gasteiger partial charge in [-0.05, 0) is 44.3 Å². The molecule has 17 heavy (non-hydrogen) atoms. The van der Waals surface area contributed by atoms with Gasteiger partial charge in [0.2, 0.25) is 0 Å². The van der Waals surface area contributed by atoms with Gasteiger partial charge in [-0.1, -0.05) is 51.3 Å². The number of rotatable bonds is 10. The van der Waals surface area contributed by atoms with Crippen LogP contribution >= 0.6 is 0 Å². The van der Waals surface area contributed by atoms with Gasteiger partial charge in [-0.15, -0.1) is 0 Å². The molecule has 98 valence electrons. The van der Waals surface area contributed by atoms with E-state index >= 15 is 0 Å². The second kappa shape index (κ2) is 13.1. The van der Waals surface area contributed by atoms with Crippen molar-refractivity contribution in [2.45, 2.75) is 65.2 Å². The molecule has 0 radical (unpaired) electrons. The second-order valence-electron chi connectivity index (χ2n) is 4.36. The molecule has 0 atom stereocenters. The summed E-state index contributed by atoms with van der Waals surface area (Å²) in [6.45, 7) is 4.33. The quantitative estimate of drug-likeness (QED) is 0.223. The van der Waals surface area contributed by atoms with Crippen LogP contribution in [-0.2, 0) is 0 Å². The first-order valence-corrected chi connectivity index (χ1v) is 7.01. The predicted molar refractivity (Wildman–Crippen MR) is 77.3 cm³/mol. The topological polar surface area (TPSA) is 20.2 Å². The summed E-state index contributed by atoms with van der Waals surface area (Å²) >= 11 is 0. The fraction of sp³-hybridized carbons (Fsp3) is 0.625. The van der Waals surface area contributed by atoms with Gasteiger partial charge in [0, 0.05) is 0 Å². The van der Waals surface area contributed by atoms with Gasteiger partial charge in [0.15, 0.2) is 0 Å². The van der Waals surface area contributed by atoms with E-state index in [0.29, 0.717) is 5.76 Å². The van der Waals surface area contributed by atoms with Crippen molar-refractivity contribution in [2.75, 3.05) is 0 Å². The molecule has 0 unspecified atom stereocenters. The Balaban J connectivity index is 3.44. The van der Waals surface area contributed by atoms with E-state index in [1.807, 2.05) is 12.2 Å². The molecule has 0 aliphatic heterocycles. The van der Waals surface area contributed by atoms with E-state index in [9.17, 15) is 5.11 Å². The Labute approximate surface area is 107 Å². The first-order valence-electron chi connectivity index (χ1n) is 7.01. The van der Waals surface area contributed by atoms with Gasteiger partial charge >= 0.3 is 0 Å². The van der Waals surface area contributed by atoms with Gasteiger partial charge in [0.25, 0.3) is 0 Å². The van der Waals surface area contributed by atoms with Crippen molar-refractivity contribution in [1.82, 2.24) is 0 Å². The minimum Gasteiger partial charge on any atom is -0.508 e. The molecule has 0 heterocycles. The van der Waals surface area contributed by atoms with Gasteiger partial charge in [-0.25, -0.2) is 0 Å². The number of hydrogen-bond acceptors (Lipinski definition) is 1. The standard InChI is InChI=1S/C16H28O/c1-3-5-7-8-9-10-11-12-13-15-16(17)14-6-4-2/h8-9,13-15,17H,3-7,10-12H2,1-2H3/b9-8?,15-13+,16-14-. The Bertz CT molecular complexity index is 236. The van der Waals surface area contributed by atoms with Crippen molar-refractivity contribution in [3.63, 3.8) is 0 Å². The summed E-state index contributed by atoms with van der Waals surface area (Å²) in [6, 6.07) is 0. The zero-order valence-electron chi connectivity index (χ0n) is 11.5. The van der Waals surface area contributed by atoms with Crippen LogP contribution in [0.5, 0.6) is 0 Å². The van der Waals surface area contributed by atoms with Gasteiger partial charge < -0.3 is 5.11 Å². The summed E-state index contributed by atoms with van der Waals surface area (Å²) in [7, 11) is 0. The van der Waals surface area contributed by atoms with E-state index < -0.39 is 0 Å². The zero-order chi connectivity index (χ0) is 12.8. The minimum atomic E-state index is 0.408. The van der Waals surface area contributed by atoms with Crippen LogP contribution < -0.4 is 0 Å². The molecule has 1 N–H and O–H groups in total. The molecule has 0 aromatic rings. The normalized spacial score (nSPS) is 12.9. The van der Waals surface area contributed by atoms with Crippen molar-refractivity contribution < 1.29 is 5.11 Å². The number of aliphatic hydroxyl groups excluding tert-OH is 1. The molecule has 0 aromatic heterocycles. The Hall–Kier alpha value is -0.980. The lowest BCUT2D eigenvalue weighted by Crippen LogP contribution is -1.75. The van der Waals surface area contributed by atoms with Crippen molar-refractivity contribution in [2.24, 2.45) is 0 Å². The monoisotopic (exact) mass is 236 g/mol. The second-order valence-corrected chi connectivity index (χ2v) is 4.36. The lowest BCUT2D eigenvalue weighted by Gasteiger charge is -1.93. The molecule has 1 heteroatoms.